The molecule has 0 saturated heterocycles. The third-order valence-electron chi connectivity index (χ3n) is 5.20. The van der Waals surface area contributed by atoms with Crippen molar-refractivity contribution in [1.82, 2.24) is 20.1 Å². The lowest BCUT2D eigenvalue weighted by Gasteiger charge is -2.18. The Hall–Kier alpha value is -3.00. The summed E-state index contributed by atoms with van der Waals surface area (Å²) in [4.78, 5) is 30.9. The van der Waals surface area contributed by atoms with Crippen LogP contribution in [0, 0.1) is 13.8 Å². The van der Waals surface area contributed by atoms with Crippen molar-refractivity contribution in [3.8, 4) is 5.69 Å². The lowest BCUT2D eigenvalue weighted by molar-refractivity contribution is -0.145. The molecule has 0 bridgehead atoms. The van der Waals surface area contributed by atoms with Crippen LogP contribution in [0.5, 0.6) is 0 Å². The molecule has 30 heavy (non-hydrogen) atoms. The van der Waals surface area contributed by atoms with Crippen molar-refractivity contribution in [2.24, 2.45) is 0 Å². The summed E-state index contributed by atoms with van der Waals surface area (Å²) in [5, 5.41) is 7.51. The minimum Gasteiger partial charge on any atom is -0.464 e. The van der Waals surface area contributed by atoms with Crippen molar-refractivity contribution in [3.63, 3.8) is 0 Å². The molecule has 3 aromatic rings. The van der Waals surface area contributed by atoms with E-state index in [0.29, 0.717) is 22.1 Å². The lowest BCUT2D eigenvalue weighted by atomic mass is 10.0. The summed E-state index contributed by atoms with van der Waals surface area (Å²) >= 11 is 1.30. The number of benzene rings is 1. The second-order valence-electron chi connectivity index (χ2n) is 7.33. The molecule has 1 aliphatic rings. The summed E-state index contributed by atoms with van der Waals surface area (Å²) in [5.74, 6) is -0.451. The van der Waals surface area contributed by atoms with Crippen LogP contribution in [0.15, 0.2) is 35.8 Å². The number of carbonyl (C=O) groups excluding carboxylic acids is 2. The highest BCUT2D eigenvalue weighted by atomic mass is 32.1. The summed E-state index contributed by atoms with van der Waals surface area (Å²) < 4.78 is 7.07. The van der Waals surface area contributed by atoms with Crippen LogP contribution in [0.25, 0.3) is 5.69 Å². The molecule has 0 unspecified atom stereocenters. The number of para-hydroxylation sites is 1. The van der Waals surface area contributed by atoms with E-state index in [1.807, 2.05) is 44.2 Å². The molecule has 0 radical (unpaired) electrons. The molecule has 0 aliphatic heterocycles. The second kappa shape index (κ2) is 8.39. The number of esters is 1. The Kier molecular flexibility index (Phi) is 5.67. The van der Waals surface area contributed by atoms with E-state index in [4.69, 9.17) is 4.74 Å². The average molecular weight is 425 g/mol. The minimum atomic E-state index is -0.941. The minimum absolute atomic E-state index is 0.226. The number of nitrogens with one attached hydrogen (secondary N) is 1. The van der Waals surface area contributed by atoms with Crippen molar-refractivity contribution in [1.29, 1.82) is 0 Å². The van der Waals surface area contributed by atoms with E-state index >= 15 is 0 Å². The number of thiazole rings is 1. The molecule has 1 amide bonds. The predicted octanol–water partition coefficient (Wildman–Crippen LogP) is 3.86. The Morgan fingerprint density at radius 1 is 1.27 bits per heavy atom. The van der Waals surface area contributed by atoms with Gasteiger partial charge in [-0.15, -0.1) is 11.3 Å². The van der Waals surface area contributed by atoms with Crippen LogP contribution in [0.4, 0.5) is 0 Å². The SMILES string of the molecule is CCOC(=O)[C@@H](NC(=O)c1scnc1C1CC1)c1c(C)nn(-c2ccccc2)c1C. The summed E-state index contributed by atoms with van der Waals surface area (Å²) in [6.45, 7) is 5.70. The topological polar surface area (TPSA) is 86.1 Å². The fraction of sp³-hybridized carbons (Fsp3) is 0.364. The molecular weight excluding hydrogens is 400 g/mol. The van der Waals surface area contributed by atoms with Gasteiger partial charge in [0.2, 0.25) is 0 Å². The summed E-state index contributed by atoms with van der Waals surface area (Å²) in [6, 6.07) is 8.74. The highest BCUT2D eigenvalue weighted by molar-refractivity contribution is 7.11. The molecule has 8 heteroatoms. The zero-order valence-corrected chi connectivity index (χ0v) is 18.0. The van der Waals surface area contributed by atoms with Crippen LogP contribution in [0.1, 0.15) is 64.0 Å². The van der Waals surface area contributed by atoms with Gasteiger partial charge in [-0.2, -0.15) is 5.10 Å². The maximum absolute atomic E-state index is 13.1. The number of aromatic nitrogens is 3. The van der Waals surface area contributed by atoms with Gasteiger partial charge in [-0.1, -0.05) is 18.2 Å². The summed E-state index contributed by atoms with van der Waals surface area (Å²) in [5.41, 5.74) is 5.50. The highest BCUT2D eigenvalue weighted by Crippen LogP contribution is 2.42. The van der Waals surface area contributed by atoms with Crippen LogP contribution in [-0.2, 0) is 9.53 Å². The number of rotatable bonds is 7. The molecule has 156 valence electrons. The van der Waals surface area contributed by atoms with Gasteiger partial charge < -0.3 is 10.1 Å². The predicted molar refractivity (Wildman–Crippen MR) is 114 cm³/mol. The van der Waals surface area contributed by atoms with Gasteiger partial charge >= 0.3 is 5.97 Å². The third kappa shape index (κ3) is 3.87. The Bertz CT molecular complexity index is 1070. The van der Waals surface area contributed by atoms with Gasteiger partial charge in [-0.05, 0) is 45.7 Å². The van der Waals surface area contributed by atoms with E-state index in [2.05, 4.69) is 15.4 Å². The average Bonchev–Trinajstić information content (AvgIpc) is 3.39. The number of nitrogens with zero attached hydrogens (tertiary/aromatic N) is 3. The second-order valence-corrected chi connectivity index (χ2v) is 8.19. The van der Waals surface area contributed by atoms with Gasteiger partial charge in [0.1, 0.15) is 4.88 Å². The van der Waals surface area contributed by atoms with E-state index in [1.165, 1.54) is 11.3 Å². The molecule has 1 atom stereocenters. The molecule has 2 heterocycles. The summed E-state index contributed by atoms with van der Waals surface area (Å²) in [7, 11) is 0. The van der Waals surface area contributed by atoms with Crippen LogP contribution in [0.2, 0.25) is 0 Å². The smallest absolute Gasteiger partial charge is 0.333 e. The molecule has 1 saturated carbocycles. The Morgan fingerprint density at radius 3 is 2.67 bits per heavy atom. The molecule has 2 aromatic heterocycles. The summed E-state index contributed by atoms with van der Waals surface area (Å²) in [6.07, 6.45) is 2.10. The fourth-order valence-electron chi connectivity index (χ4n) is 3.64. The molecular formula is C22H24N4O3S. The number of ether oxygens (including phenoxy) is 1. The van der Waals surface area contributed by atoms with Crippen LogP contribution < -0.4 is 5.32 Å². The van der Waals surface area contributed by atoms with Crippen molar-refractivity contribution in [2.45, 2.75) is 45.6 Å². The van der Waals surface area contributed by atoms with E-state index < -0.39 is 12.0 Å². The van der Waals surface area contributed by atoms with Gasteiger partial charge in [0.15, 0.2) is 6.04 Å². The Labute approximate surface area is 179 Å². The Morgan fingerprint density at radius 2 is 2.00 bits per heavy atom. The molecule has 1 N–H and O–H groups in total. The zero-order valence-electron chi connectivity index (χ0n) is 17.2. The van der Waals surface area contributed by atoms with Gasteiger partial charge in [0, 0.05) is 17.2 Å². The van der Waals surface area contributed by atoms with E-state index in [9.17, 15) is 9.59 Å². The van der Waals surface area contributed by atoms with Crippen LogP contribution in [-0.4, -0.2) is 33.2 Å². The Balaban J connectivity index is 1.69. The van der Waals surface area contributed by atoms with E-state index in [0.717, 1.165) is 29.9 Å². The first-order valence-corrected chi connectivity index (χ1v) is 10.9. The number of aryl methyl sites for hydroxylation is 1. The lowest BCUT2D eigenvalue weighted by Crippen LogP contribution is -2.35. The van der Waals surface area contributed by atoms with Crippen molar-refractivity contribution >= 4 is 23.2 Å². The first kappa shape index (κ1) is 20.3. The first-order chi connectivity index (χ1) is 14.5. The number of hydrogen-bond acceptors (Lipinski definition) is 6. The number of hydrogen-bond donors (Lipinski definition) is 1. The van der Waals surface area contributed by atoms with Crippen LogP contribution >= 0.6 is 11.3 Å². The quantitative estimate of drug-likeness (QED) is 0.582. The molecule has 1 aliphatic carbocycles. The number of carbonyl (C=O) groups is 2. The van der Waals surface area contributed by atoms with Crippen molar-refractivity contribution in [2.75, 3.05) is 6.61 Å². The molecule has 0 spiro atoms. The molecule has 1 aromatic carbocycles. The van der Waals surface area contributed by atoms with E-state index in [1.54, 1.807) is 17.1 Å². The largest absolute Gasteiger partial charge is 0.464 e. The first-order valence-electron chi connectivity index (χ1n) is 10.0. The molecule has 1 fully saturated rings. The number of amides is 1. The highest BCUT2D eigenvalue weighted by Gasteiger charge is 2.34. The fourth-order valence-corrected chi connectivity index (χ4v) is 4.41. The van der Waals surface area contributed by atoms with Crippen molar-refractivity contribution in [3.05, 3.63) is 63.4 Å². The zero-order chi connectivity index (χ0) is 21.3. The van der Waals surface area contributed by atoms with Gasteiger partial charge in [0.05, 0.1) is 29.2 Å². The maximum atomic E-state index is 13.1. The van der Waals surface area contributed by atoms with Crippen LogP contribution in [0.3, 0.4) is 0 Å². The maximum Gasteiger partial charge on any atom is 0.333 e. The molecule has 7 nitrogen and oxygen atoms in total. The van der Waals surface area contributed by atoms with Crippen molar-refractivity contribution < 1.29 is 14.3 Å². The van der Waals surface area contributed by atoms with Gasteiger partial charge in [-0.25, -0.2) is 14.5 Å². The van der Waals surface area contributed by atoms with Gasteiger partial charge in [0.25, 0.3) is 5.91 Å². The molecule has 4 rings (SSSR count). The monoisotopic (exact) mass is 424 g/mol. The van der Waals surface area contributed by atoms with E-state index in [-0.39, 0.29) is 12.5 Å². The normalized spacial score (nSPS) is 14.4. The standard InChI is InChI=1S/C22H24N4O3S/c1-4-29-22(28)19(24-21(27)20-18(15-10-11-15)23-12-30-20)17-13(2)25-26(14(17)3)16-8-6-5-7-9-16/h5-9,12,15,19H,4,10-11H2,1-3H3,(H,24,27)/t19-/m0/s1. The van der Waals surface area contributed by atoms with Gasteiger partial charge in [-0.3, -0.25) is 4.79 Å². The third-order valence-corrected chi connectivity index (χ3v) is 6.04.